The normalized spacial score (nSPS) is 12.6. The fraction of sp³-hybridized carbons (Fsp3) is 0.348. The number of benzene rings is 2. The monoisotopic (exact) mass is 392 g/mol. The molecule has 0 aliphatic carbocycles. The standard InChI is InChI=1S/C23H28N4O2/c1-22(2,3)16-9-15(20(28)17(11-16)23(4,5)6)12-26-27-21(29)14-7-8-18-19(10-14)25-13-24-18/h7-13,28H,1-6H3,(H,24,25)(H,27,29)/b26-12+. The van der Waals surface area contributed by atoms with E-state index in [2.05, 4.69) is 62.0 Å². The molecule has 0 unspecified atom stereocenters. The molecule has 1 amide bonds. The van der Waals surface area contributed by atoms with E-state index in [1.54, 1.807) is 24.5 Å². The summed E-state index contributed by atoms with van der Waals surface area (Å²) in [6, 6.07) is 9.16. The second-order valence-electron chi connectivity index (χ2n) is 9.30. The number of hydrogen-bond donors (Lipinski definition) is 3. The predicted octanol–water partition coefficient (Wildman–Crippen LogP) is 4.63. The van der Waals surface area contributed by atoms with Crippen molar-refractivity contribution in [3.8, 4) is 5.75 Å². The number of fused-ring (bicyclic) bond motifs is 1. The topological polar surface area (TPSA) is 90.4 Å². The average Bonchev–Trinajstić information content (AvgIpc) is 3.08. The predicted molar refractivity (Wildman–Crippen MR) is 117 cm³/mol. The van der Waals surface area contributed by atoms with Crippen LogP contribution in [-0.2, 0) is 10.8 Å². The summed E-state index contributed by atoms with van der Waals surface area (Å²) in [5.41, 5.74) is 6.80. The van der Waals surface area contributed by atoms with Crippen LogP contribution in [0.3, 0.4) is 0 Å². The number of aromatic amines is 1. The van der Waals surface area contributed by atoms with Gasteiger partial charge in [0.25, 0.3) is 5.91 Å². The number of amides is 1. The molecule has 0 radical (unpaired) electrons. The number of rotatable bonds is 3. The molecule has 0 atom stereocenters. The second-order valence-corrected chi connectivity index (χ2v) is 9.30. The molecule has 0 spiro atoms. The Kier molecular flexibility index (Phi) is 5.22. The average molecular weight is 393 g/mol. The zero-order valence-corrected chi connectivity index (χ0v) is 17.8. The second kappa shape index (κ2) is 7.35. The van der Waals surface area contributed by atoms with Gasteiger partial charge in [-0.1, -0.05) is 47.6 Å². The first-order valence-corrected chi connectivity index (χ1v) is 9.61. The molecule has 1 aromatic heterocycles. The van der Waals surface area contributed by atoms with Crippen molar-refractivity contribution in [1.82, 2.24) is 15.4 Å². The molecule has 1 heterocycles. The smallest absolute Gasteiger partial charge is 0.271 e. The molecule has 6 heteroatoms. The van der Waals surface area contributed by atoms with Gasteiger partial charge in [0.05, 0.1) is 23.6 Å². The Morgan fingerprint density at radius 1 is 1.10 bits per heavy atom. The molecule has 0 aliphatic rings. The van der Waals surface area contributed by atoms with Crippen LogP contribution in [0, 0.1) is 0 Å². The number of hydrogen-bond acceptors (Lipinski definition) is 4. The van der Waals surface area contributed by atoms with Crippen molar-refractivity contribution in [3.05, 3.63) is 58.9 Å². The minimum absolute atomic E-state index is 0.0843. The van der Waals surface area contributed by atoms with Crippen LogP contribution in [0.25, 0.3) is 11.0 Å². The molecule has 6 nitrogen and oxygen atoms in total. The lowest BCUT2D eigenvalue weighted by molar-refractivity contribution is 0.0955. The largest absolute Gasteiger partial charge is 0.507 e. The number of carbonyl (C=O) groups is 1. The quantitative estimate of drug-likeness (QED) is 0.448. The van der Waals surface area contributed by atoms with E-state index < -0.39 is 0 Å². The highest BCUT2D eigenvalue weighted by atomic mass is 16.3. The number of hydrazone groups is 1. The Labute approximate surface area is 171 Å². The zero-order chi connectivity index (χ0) is 21.4. The molecule has 0 bridgehead atoms. The summed E-state index contributed by atoms with van der Waals surface area (Å²) in [5, 5.41) is 14.9. The molecule has 0 fully saturated rings. The molecule has 3 N–H and O–H groups in total. The molecule has 3 rings (SSSR count). The van der Waals surface area contributed by atoms with E-state index in [4.69, 9.17) is 0 Å². The van der Waals surface area contributed by atoms with Crippen LogP contribution in [0.2, 0.25) is 0 Å². The lowest BCUT2D eigenvalue weighted by Crippen LogP contribution is -2.19. The third-order valence-electron chi connectivity index (χ3n) is 4.87. The maximum absolute atomic E-state index is 12.4. The van der Waals surface area contributed by atoms with Crippen LogP contribution >= 0.6 is 0 Å². The first-order chi connectivity index (χ1) is 13.5. The van der Waals surface area contributed by atoms with Crippen molar-refractivity contribution >= 4 is 23.2 Å². The Morgan fingerprint density at radius 3 is 2.48 bits per heavy atom. The highest BCUT2D eigenvalue weighted by Crippen LogP contribution is 2.37. The highest BCUT2D eigenvalue weighted by molar-refractivity contribution is 5.98. The summed E-state index contributed by atoms with van der Waals surface area (Å²) >= 11 is 0. The third kappa shape index (κ3) is 4.47. The van der Waals surface area contributed by atoms with Gasteiger partial charge in [0, 0.05) is 16.7 Å². The molecule has 152 valence electrons. The molecule has 0 saturated heterocycles. The first kappa shape index (κ1) is 20.6. The van der Waals surface area contributed by atoms with Crippen molar-refractivity contribution in [2.75, 3.05) is 0 Å². The van der Waals surface area contributed by atoms with Gasteiger partial charge in [0.2, 0.25) is 0 Å². The Hall–Kier alpha value is -3.15. The lowest BCUT2D eigenvalue weighted by Gasteiger charge is -2.26. The van der Waals surface area contributed by atoms with Gasteiger partial charge in [0.1, 0.15) is 5.75 Å². The van der Waals surface area contributed by atoms with Crippen LogP contribution in [-0.4, -0.2) is 27.2 Å². The maximum atomic E-state index is 12.4. The summed E-state index contributed by atoms with van der Waals surface area (Å²) in [7, 11) is 0. The van der Waals surface area contributed by atoms with Crippen molar-refractivity contribution in [1.29, 1.82) is 0 Å². The van der Waals surface area contributed by atoms with Crippen LogP contribution in [0.15, 0.2) is 41.8 Å². The number of phenolic OH excluding ortho intramolecular Hbond substituents is 1. The summed E-state index contributed by atoms with van der Waals surface area (Å²) in [6.45, 7) is 12.6. The number of phenols is 1. The van der Waals surface area contributed by atoms with Crippen molar-refractivity contribution in [2.45, 2.75) is 52.4 Å². The zero-order valence-electron chi connectivity index (χ0n) is 17.8. The van der Waals surface area contributed by atoms with E-state index in [-0.39, 0.29) is 22.5 Å². The molecule has 2 aromatic carbocycles. The van der Waals surface area contributed by atoms with Crippen molar-refractivity contribution in [3.63, 3.8) is 0 Å². The molecular formula is C23H28N4O2. The number of nitrogens with zero attached hydrogens (tertiary/aromatic N) is 2. The number of imidazole rings is 1. The Bertz CT molecular complexity index is 1080. The number of aromatic nitrogens is 2. The number of H-pyrrole nitrogens is 1. The highest BCUT2D eigenvalue weighted by Gasteiger charge is 2.24. The van der Waals surface area contributed by atoms with E-state index in [1.807, 2.05) is 12.1 Å². The number of carbonyl (C=O) groups excluding carboxylic acids is 1. The summed E-state index contributed by atoms with van der Waals surface area (Å²) in [5.74, 6) is -0.150. The Balaban J connectivity index is 1.88. The minimum Gasteiger partial charge on any atom is -0.507 e. The Morgan fingerprint density at radius 2 is 1.83 bits per heavy atom. The molecule has 29 heavy (non-hydrogen) atoms. The van der Waals surface area contributed by atoms with Crippen LogP contribution in [0.1, 0.15) is 68.6 Å². The maximum Gasteiger partial charge on any atom is 0.271 e. The fourth-order valence-electron chi connectivity index (χ4n) is 3.06. The van der Waals surface area contributed by atoms with E-state index in [0.29, 0.717) is 11.1 Å². The minimum atomic E-state index is -0.333. The molecule has 0 aliphatic heterocycles. The molecule has 0 saturated carbocycles. The van der Waals surface area contributed by atoms with E-state index in [1.165, 1.54) is 6.21 Å². The summed E-state index contributed by atoms with van der Waals surface area (Å²) < 4.78 is 0. The number of aromatic hydroxyl groups is 1. The van der Waals surface area contributed by atoms with Crippen molar-refractivity contribution < 1.29 is 9.90 Å². The van der Waals surface area contributed by atoms with Gasteiger partial charge in [-0.15, -0.1) is 0 Å². The third-order valence-corrected chi connectivity index (χ3v) is 4.87. The first-order valence-electron chi connectivity index (χ1n) is 9.61. The molecule has 3 aromatic rings. The van der Waals surface area contributed by atoms with Gasteiger partial charge >= 0.3 is 0 Å². The van der Waals surface area contributed by atoms with E-state index >= 15 is 0 Å². The van der Waals surface area contributed by atoms with Crippen LogP contribution < -0.4 is 5.43 Å². The SMILES string of the molecule is CC(C)(C)c1cc(/C=N/NC(=O)c2ccc3nc[nH]c3c2)c(O)c(C(C)(C)C)c1. The van der Waals surface area contributed by atoms with Gasteiger partial charge in [-0.25, -0.2) is 10.4 Å². The summed E-state index contributed by atoms with van der Waals surface area (Å²) in [6.07, 6.45) is 3.08. The van der Waals surface area contributed by atoms with Crippen LogP contribution in [0.4, 0.5) is 0 Å². The number of nitrogens with one attached hydrogen (secondary N) is 2. The van der Waals surface area contributed by atoms with Gasteiger partial charge in [-0.2, -0.15) is 5.10 Å². The van der Waals surface area contributed by atoms with Gasteiger partial charge < -0.3 is 10.1 Å². The molecular weight excluding hydrogens is 364 g/mol. The van der Waals surface area contributed by atoms with Crippen molar-refractivity contribution in [2.24, 2.45) is 5.10 Å². The van der Waals surface area contributed by atoms with Gasteiger partial charge in [-0.05, 0) is 40.7 Å². The van der Waals surface area contributed by atoms with E-state index in [0.717, 1.165) is 22.2 Å². The van der Waals surface area contributed by atoms with Gasteiger partial charge in [0.15, 0.2) is 0 Å². The fourth-order valence-corrected chi connectivity index (χ4v) is 3.06. The summed E-state index contributed by atoms with van der Waals surface area (Å²) in [4.78, 5) is 19.5. The lowest BCUT2D eigenvalue weighted by atomic mass is 9.79. The van der Waals surface area contributed by atoms with Crippen LogP contribution in [0.5, 0.6) is 5.75 Å². The van der Waals surface area contributed by atoms with Gasteiger partial charge in [-0.3, -0.25) is 4.79 Å². The van der Waals surface area contributed by atoms with E-state index in [9.17, 15) is 9.90 Å².